The van der Waals surface area contributed by atoms with E-state index in [0.717, 1.165) is 4.31 Å². The van der Waals surface area contributed by atoms with Gasteiger partial charge in [0, 0.05) is 13.2 Å². The first kappa shape index (κ1) is 13.1. The number of nitrogens with zero attached hydrogens (tertiary/aromatic N) is 3. The monoisotopic (exact) mass is 273 g/mol. The maximum atomic E-state index is 12.4. The van der Waals surface area contributed by atoms with Gasteiger partial charge in [0.2, 0.25) is 0 Å². The number of anilines is 1. The van der Waals surface area contributed by atoms with E-state index in [-0.39, 0.29) is 4.90 Å². The van der Waals surface area contributed by atoms with Gasteiger partial charge in [-0.05, 0) is 30.3 Å². The molecule has 0 bridgehead atoms. The van der Waals surface area contributed by atoms with E-state index in [1.165, 1.54) is 31.4 Å². The molecule has 19 heavy (non-hydrogen) atoms. The third-order valence-corrected chi connectivity index (χ3v) is 4.35. The fourth-order valence-corrected chi connectivity index (χ4v) is 2.74. The topological polar surface area (TPSA) is 74.1 Å². The Morgan fingerprint density at radius 2 is 2.00 bits per heavy atom. The van der Waals surface area contributed by atoms with Gasteiger partial charge in [0.05, 0.1) is 16.5 Å². The van der Waals surface area contributed by atoms with Gasteiger partial charge in [0.15, 0.2) is 0 Å². The van der Waals surface area contributed by atoms with Crippen molar-refractivity contribution in [3.8, 4) is 6.07 Å². The maximum absolute atomic E-state index is 12.4. The molecule has 0 amide bonds. The van der Waals surface area contributed by atoms with Crippen molar-refractivity contribution in [2.24, 2.45) is 0 Å². The molecule has 0 aliphatic heterocycles. The first-order valence-electron chi connectivity index (χ1n) is 5.46. The Balaban J connectivity index is 2.46. The summed E-state index contributed by atoms with van der Waals surface area (Å²) in [6.45, 7) is 0. The lowest BCUT2D eigenvalue weighted by atomic mass is 10.2. The molecule has 0 radical (unpaired) electrons. The zero-order chi connectivity index (χ0) is 13.9. The fourth-order valence-electron chi connectivity index (χ4n) is 1.55. The maximum Gasteiger partial charge on any atom is 0.265 e. The second-order valence-corrected chi connectivity index (χ2v) is 5.77. The molecule has 1 aromatic heterocycles. The Kier molecular flexibility index (Phi) is 3.49. The number of rotatable bonds is 3. The lowest BCUT2D eigenvalue weighted by molar-refractivity contribution is 0.594. The molecule has 0 atom stereocenters. The number of pyridine rings is 1. The zero-order valence-corrected chi connectivity index (χ0v) is 11.0. The van der Waals surface area contributed by atoms with E-state index >= 15 is 0 Å². The van der Waals surface area contributed by atoms with Crippen LogP contribution in [0.2, 0.25) is 0 Å². The van der Waals surface area contributed by atoms with E-state index in [2.05, 4.69) is 4.98 Å². The fraction of sp³-hybridized carbons (Fsp3) is 0.0769. The highest BCUT2D eigenvalue weighted by Gasteiger charge is 2.22. The molecule has 0 saturated heterocycles. The molecular weight excluding hydrogens is 262 g/mol. The smallest absolute Gasteiger partial charge is 0.253 e. The SMILES string of the molecule is CN(c1ccccn1)S(=O)(=O)c1cccc(C#N)c1. The van der Waals surface area contributed by atoms with Crippen molar-refractivity contribution in [2.45, 2.75) is 4.90 Å². The number of hydrogen-bond acceptors (Lipinski definition) is 4. The van der Waals surface area contributed by atoms with Gasteiger partial charge in [-0.3, -0.25) is 4.31 Å². The van der Waals surface area contributed by atoms with Gasteiger partial charge in [0.25, 0.3) is 10.0 Å². The van der Waals surface area contributed by atoms with Gasteiger partial charge in [-0.15, -0.1) is 0 Å². The van der Waals surface area contributed by atoms with E-state index in [4.69, 9.17) is 5.26 Å². The van der Waals surface area contributed by atoms with Crippen LogP contribution >= 0.6 is 0 Å². The largest absolute Gasteiger partial charge is 0.265 e. The summed E-state index contributed by atoms with van der Waals surface area (Å²) in [4.78, 5) is 4.06. The molecule has 6 heteroatoms. The highest BCUT2D eigenvalue weighted by Crippen LogP contribution is 2.20. The molecule has 0 unspecified atom stereocenters. The Labute approximate surface area is 111 Å². The molecule has 1 aromatic carbocycles. The molecular formula is C13H11N3O2S. The summed E-state index contributed by atoms with van der Waals surface area (Å²) in [5.41, 5.74) is 0.301. The van der Waals surface area contributed by atoms with Gasteiger partial charge >= 0.3 is 0 Å². The predicted molar refractivity (Wildman–Crippen MR) is 71.0 cm³/mol. The van der Waals surface area contributed by atoms with Gasteiger partial charge in [-0.25, -0.2) is 13.4 Å². The molecule has 0 N–H and O–H groups in total. The summed E-state index contributed by atoms with van der Waals surface area (Å²) in [6.07, 6.45) is 1.52. The van der Waals surface area contributed by atoms with Crippen LogP contribution in [0, 0.1) is 11.3 Å². The van der Waals surface area contributed by atoms with Crippen molar-refractivity contribution < 1.29 is 8.42 Å². The molecule has 0 spiro atoms. The van der Waals surface area contributed by atoms with Crippen LogP contribution in [0.15, 0.2) is 53.6 Å². The quantitative estimate of drug-likeness (QED) is 0.854. The van der Waals surface area contributed by atoms with Crippen LogP contribution in [0.5, 0.6) is 0 Å². The number of sulfonamides is 1. The first-order valence-corrected chi connectivity index (χ1v) is 6.90. The van der Waals surface area contributed by atoms with Crippen molar-refractivity contribution in [3.05, 3.63) is 54.2 Å². The Morgan fingerprint density at radius 3 is 2.63 bits per heavy atom. The minimum Gasteiger partial charge on any atom is -0.253 e. The summed E-state index contributed by atoms with van der Waals surface area (Å²) in [5, 5.41) is 8.81. The number of hydrogen-bond donors (Lipinski definition) is 0. The van der Waals surface area contributed by atoms with Gasteiger partial charge in [0.1, 0.15) is 5.82 Å². The molecule has 0 aliphatic carbocycles. The average molecular weight is 273 g/mol. The molecule has 2 rings (SSSR count). The molecule has 96 valence electrons. The van der Waals surface area contributed by atoms with Crippen LogP contribution in [0.4, 0.5) is 5.82 Å². The summed E-state index contributed by atoms with van der Waals surface area (Å²) < 4.78 is 25.8. The van der Waals surface area contributed by atoms with E-state index < -0.39 is 10.0 Å². The second kappa shape index (κ2) is 5.08. The third-order valence-electron chi connectivity index (χ3n) is 2.59. The molecule has 0 aliphatic rings. The predicted octanol–water partition coefficient (Wildman–Crippen LogP) is 1.78. The minimum absolute atomic E-state index is 0.0692. The van der Waals surface area contributed by atoms with Gasteiger partial charge < -0.3 is 0 Å². The zero-order valence-electron chi connectivity index (χ0n) is 10.2. The highest BCUT2D eigenvalue weighted by molar-refractivity contribution is 7.92. The third kappa shape index (κ3) is 2.56. The first-order chi connectivity index (χ1) is 9.05. The highest BCUT2D eigenvalue weighted by atomic mass is 32.2. The standard InChI is InChI=1S/C13H11N3O2S/c1-16(13-7-2-3-8-15-13)19(17,18)12-6-4-5-11(9-12)10-14/h2-9H,1H3. The molecule has 5 nitrogen and oxygen atoms in total. The van der Waals surface area contributed by atoms with Crippen LogP contribution in [-0.4, -0.2) is 20.4 Å². The lowest BCUT2D eigenvalue weighted by Gasteiger charge is -2.18. The van der Waals surface area contributed by atoms with Gasteiger partial charge in [-0.2, -0.15) is 5.26 Å². The Morgan fingerprint density at radius 1 is 1.21 bits per heavy atom. The summed E-state index contributed by atoms with van der Waals surface area (Å²) >= 11 is 0. The van der Waals surface area contributed by atoms with Crippen LogP contribution in [0.1, 0.15) is 5.56 Å². The number of benzene rings is 1. The van der Waals surface area contributed by atoms with E-state index in [0.29, 0.717) is 11.4 Å². The van der Waals surface area contributed by atoms with Crippen LogP contribution in [0.25, 0.3) is 0 Å². The summed E-state index contributed by atoms with van der Waals surface area (Å²) in [5.74, 6) is 0.324. The van der Waals surface area contributed by atoms with Crippen molar-refractivity contribution in [1.82, 2.24) is 4.98 Å². The summed E-state index contributed by atoms with van der Waals surface area (Å²) in [7, 11) is -2.28. The second-order valence-electron chi connectivity index (χ2n) is 3.80. The van der Waals surface area contributed by atoms with Gasteiger partial charge in [-0.1, -0.05) is 12.1 Å². The van der Waals surface area contributed by atoms with Crippen LogP contribution < -0.4 is 4.31 Å². The molecule has 1 heterocycles. The van der Waals surface area contributed by atoms with E-state index in [9.17, 15) is 8.42 Å². The number of aromatic nitrogens is 1. The van der Waals surface area contributed by atoms with Crippen molar-refractivity contribution in [2.75, 3.05) is 11.4 Å². The Hall–Kier alpha value is -2.39. The Bertz CT molecular complexity index is 721. The summed E-state index contributed by atoms with van der Waals surface area (Å²) in [6, 6.07) is 12.8. The molecule has 2 aromatic rings. The number of nitriles is 1. The van der Waals surface area contributed by atoms with Crippen LogP contribution in [0.3, 0.4) is 0 Å². The van der Waals surface area contributed by atoms with E-state index in [1.54, 1.807) is 24.3 Å². The average Bonchev–Trinajstić information content (AvgIpc) is 2.47. The van der Waals surface area contributed by atoms with Crippen molar-refractivity contribution in [3.63, 3.8) is 0 Å². The van der Waals surface area contributed by atoms with Crippen molar-refractivity contribution in [1.29, 1.82) is 5.26 Å². The molecule has 0 saturated carbocycles. The normalized spacial score (nSPS) is 10.7. The lowest BCUT2D eigenvalue weighted by Crippen LogP contribution is -2.27. The van der Waals surface area contributed by atoms with Crippen LogP contribution in [-0.2, 0) is 10.0 Å². The minimum atomic E-state index is -3.70. The molecule has 0 fully saturated rings. The van der Waals surface area contributed by atoms with E-state index in [1.807, 2.05) is 6.07 Å². The van der Waals surface area contributed by atoms with Crippen molar-refractivity contribution >= 4 is 15.8 Å².